The lowest BCUT2D eigenvalue weighted by molar-refractivity contribution is -0.137. The van der Waals surface area contributed by atoms with Crippen molar-refractivity contribution in [1.29, 1.82) is 0 Å². The van der Waals surface area contributed by atoms with Gasteiger partial charge in [-0.05, 0) is 43.3 Å². The highest BCUT2D eigenvalue weighted by Crippen LogP contribution is 2.29. The van der Waals surface area contributed by atoms with Gasteiger partial charge in [0.2, 0.25) is 0 Å². The van der Waals surface area contributed by atoms with E-state index in [0.29, 0.717) is 22.8 Å². The van der Waals surface area contributed by atoms with Gasteiger partial charge in [-0.25, -0.2) is 4.98 Å². The molecule has 27 heavy (non-hydrogen) atoms. The standard InChI is InChI=1S/C19H14F3N3O2/c1-11-9-16(26)25-17(23-11)13-3-2-4-15(10-13)24-18(27)12-5-7-14(8-6-12)19(20,21)22/h2-10H,1H3,(H,24,27)(H,23,25,26). The topological polar surface area (TPSA) is 74.8 Å². The van der Waals surface area contributed by atoms with E-state index in [-0.39, 0.29) is 11.1 Å². The quantitative estimate of drug-likeness (QED) is 0.728. The van der Waals surface area contributed by atoms with Crippen LogP contribution in [0.5, 0.6) is 0 Å². The molecule has 3 rings (SSSR count). The number of alkyl halides is 3. The fourth-order valence-electron chi connectivity index (χ4n) is 2.47. The summed E-state index contributed by atoms with van der Waals surface area (Å²) < 4.78 is 37.8. The van der Waals surface area contributed by atoms with Gasteiger partial charge in [0.1, 0.15) is 5.82 Å². The van der Waals surface area contributed by atoms with Crippen LogP contribution in [0.2, 0.25) is 0 Å². The first-order valence-electron chi connectivity index (χ1n) is 7.89. The predicted octanol–water partition coefficient (Wildman–Crippen LogP) is 4.02. The molecule has 0 radical (unpaired) electrons. The van der Waals surface area contributed by atoms with E-state index in [0.717, 1.165) is 24.3 Å². The third kappa shape index (κ3) is 4.41. The maximum atomic E-state index is 12.6. The average molecular weight is 373 g/mol. The van der Waals surface area contributed by atoms with Crippen molar-refractivity contribution in [2.45, 2.75) is 13.1 Å². The van der Waals surface area contributed by atoms with Crippen LogP contribution in [0.1, 0.15) is 21.6 Å². The van der Waals surface area contributed by atoms with Gasteiger partial charge in [0.05, 0.1) is 5.56 Å². The molecule has 0 atom stereocenters. The summed E-state index contributed by atoms with van der Waals surface area (Å²) in [7, 11) is 0. The van der Waals surface area contributed by atoms with Crippen LogP contribution in [0.25, 0.3) is 11.4 Å². The molecule has 5 nitrogen and oxygen atoms in total. The molecule has 3 aromatic rings. The fourth-order valence-corrected chi connectivity index (χ4v) is 2.47. The summed E-state index contributed by atoms with van der Waals surface area (Å²) >= 11 is 0. The number of carbonyl (C=O) groups is 1. The van der Waals surface area contributed by atoms with Gasteiger partial charge in [0.15, 0.2) is 0 Å². The lowest BCUT2D eigenvalue weighted by Gasteiger charge is -2.09. The smallest absolute Gasteiger partial charge is 0.322 e. The second-order valence-corrected chi connectivity index (χ2v) is 5.85. The van der Waals surface area contributed by atoms with Crippen LogP contribution < -0.4 is 10.9 Å². The molecule has 1 amide bonds. The van der Waals surface area contributed by atoms with Crippen LogP contribution in [0.3, 0.4) is 0 Å². The van der Waals surface area contributed by atoms with Crippen LogP contribution in [-0.4, -0.2) is 15.9 Å². The minimum absolute atomic E-state index is 0.0930. The van der Waals surface area contributed by atoms with E-state index in [1.807, 2.05) is 0 Å². The molecule has 0 aliphatic heterocycles. The first kappa shape index (κ1) is 18.4. The zero-order valence-electron chi connectivity index (χ0n) is 14.1. The van der Waals surface area contributed by atoms with Gasteiger partial charge < -0.3 is 10.3 Å². The highest BCUT2D eigenvalue weighted by Gasteiger charge is 2.30. The molecule has 2 N–H and O–H groups in total. The molecule has 0 saturated heterocycles. The predicted molar refractivity (Wildman–Crippen MR) is 94.4 cm³/mol. The summed E-state index contributed by atoms with van der Waals surface area (Å²) in [4.78, 5) is 30.7. The van der Waals surface area contributed by atoms with Crippen molar-refractivity contribution in [2.24, 2.45) is 0 Å². The third-order valence-electron chi connectivity index (χ3n) is 3.74. The summed E-state index contributed by atoms with van der Waals surface area (Å²) in [5.74, 6) is -0.197. The van der Waals surface area contributed by atoms with E-state index < -0.39 is 17.6 Å². The molecular weight excluding hydrogens is 359 g/mol. The number of nitrogens with zero attached hydrogens (tertiary/aromatic N) is 1. The van der Waals surface area contributed by atoms with E-state index in [2.05, 4.69) is 15.3 Å². The maximum Gasteiger partial charge on any atom is 0.416 e. The molecule has 0 bridgehead atoms. The Bertz CT molecular complexity index is 1040. The Balaban J connectivity index is 1.82. The minimum Gasteiger partial charge on any atom is -0.322 e. The Morgan fingerprint density at radius 3 is 2.41 bits per heavy atom. The summed E-state index contributed by atoms with van der Waals surface area (Å²) in [6.07, 6.45) is -4.46. The van der Waals surface area contributed by atoms with E-state index in [9.17, 15) is 22.8 Å². The molecule has 0 spiro atoms. The number of hydrogen-bond donors (Lipinski definition) is 2. The highest BCUT2D eigenvalue weighted by atomic mass is 19.4. The Labute approximate surface area is 151 Å². The second kappa shape index (κ2) is 7.06. The first-order chi connectivity index (χ1) is 12.7. The van der Waals surface area contributed by atoms with Crippen LogP contribution in [-0.2, 0) is 6.18 Å². The zero-order chi connectivity index (χ0) is 19.6. The van der Waals surface area contributed by atoms with Gasteiger partial charge in [-0.1, -0.05) is 12.1 Å². The molecule has 1 heterocycles. The van der Waals surface area contributed by atoms with Gasteiger partial charge >= 0.3 is 6.18 Å². The molecule has 8 heteroatoms. The van der Waals surface area contributed by atoms with Gasteiger partial charge in [0.25, 0.3) is 11.5 Å². The van der Waals surface area contributed by atoms with E-state index >= 15 is 0 Å². The van der Waals surface area contributed by atoms with Crippen LogP contribution in [0, 0.1) is 6.92 Å². The Morgan fingerprint density at radius 1 is 1.07 bits per heavy atom. The Hall–Kier alpha value is -3.42. The fraction of sp³-hybridized carbons (Fsp3) is 0.105. The second-order valence-electron chi connectivity index (χ2n) is 5.85. The molecule has 0 saturated carbocycles. The lowest BCUT2D eigenvalue weighted by Crippen LogP contribution is -2.13. The number of halogens is 3. The number of aromatic nitrogens is 2. The lowest BCUT2D eigenvalue weighted by atomic mass is 10.1. The van der Waals surface area contributed by atoms with Gasteiger partial charge in [0, 0.05) is 28.6 Å². The number of amides is 1. The summed E-state index contributed by atoms with van der Waals surface area (Å²) in [5.41, 5.74) is 0.526. The Morgan fingerprint density at radius 2 is 1.78 bits per heavy atom. The van der Waals surface area contributed by atoms with Gasteiger partial charge in [-0.2, -0.15) is 13.2 Å². The molecule has 0 unspecified atom stereocenters. The molecular formula is C19H14F3N3O2. The number of benzene rings is 2. The SMILES string of the molecule is Cc1cc(=O)[nH]c(-c2cccc(NC(=O)c3ccc(C(F)(F)F)cc3)c2)n1. The molecule has 138 valence electrons. The number of anilines is 1. The number of H-pyrrole nitrogens is 1. The van der Waals surface area contributed by atoms with Crippen molar-refractivity contribution >= 4 is 11.6 Å². The van der Waals surface area contributed by atoms with E-state index in [1.165, 1.54) is 6.07 Å². The van der Waals surface area contributed by atoms with Gasteiger partial charge in [-0.3, -0.25) is 9.59 Å². The van der Waals surface area contributed by atoms with E-state index in [1.54, 1.807) is 31.2 Å². The number of aryl methyl sites for hydroxylation is 1. The number of carbonyl (C=O) groups excluding carboxylic acids is 1. The molecule has 0 fully saturated rings. The van der Waals surface area contributed by atoms with E-state index in [4.69, 9.17) is 0 Å². The first-order valence-corrected chi connectivity index (χ1v) is 7.89. The van der Waals surface area contributed by atoms with Crippen molar-refractivity contribution in [1.82, 2.24) is 9.97 Å². The number of aromatic amines is 1. The van der Waals surface area contributed by atoms with Crippen molar-refractivity contribution in [3.8, 4) is 11.4 Å². The maximum absolute atomic E-state index is 12.6. The average Bonchev–Trinajstić information content (AvgIpc) is 2.60. The molecule has 2 aromatic carbocycles. The Kier molecular flexibility index (Phi) is 4.81. The number of rotatable bonds is 3. The van der Waals surface area contributed by atoms with Crippen LogP contribution in [0.15, 0.2) is 59.4 Å². The summed E-state index contributed by atoms with van der Waals surface area (Å²) in [6.45, 7) is 1.69. The van der Waals surface area contributed by atoms with Crippen molar-refractivity contribution in [2.75, 3.05) is 5.32 Å². The minimum atomic E-state index is -4.46. The molecule has 0 aliphatic rings. The zero-order valence-corrected chi connectivity index (χ0v) is 14.1. The summed E-state index contributed by atoms with van der Waals surface area (Å²) in [6, 6.07) is 11.9. The van der Waals surface area contributed by atoms with Crippen molar-refractivity contribution in [3.05, 3.63) is 81.8 Å². The summed E-state index contributed by atoms with van der Waals surface area (Å²) in [5, 5.41) is 2.62. The highest BCUT2D eigenvalue weighted by molar-refractivity contribution is 6.04. The largest absolute Gasteiger partial charge is 0.416 e. The monoisotopic (exact) mass is 373 g/mol. The number of nitrogens with one attached hydrogen (secondary N) is 2. The third-order valence-corrected chi connectivity index (χ3v) is 3.74. The van der Waals surface area contributed by atoms with Crippen molar-refractivity contribution < 1.29 is 18.0 Å². The molecule has 0 aliphatic carbocycles. The normalized spacial score (nSPS) is 11.3. The molecule has 1 aromatic heterocycles. The van der Waals surface area contributed by atoms with Crippen molar-refractivity contribution in [3.63, 3.8) is 0 Å². The van der Waals surface area contributed by atoms with Crippen LogP contribution in [0.4, 0.5) is 18.9 Å². The number of hydrogen-bond acceptors (Lipinski definition) is 3. The van der Waals surface area contributed by atoms with Crippen LogP contribution >= 0.6 is 0 Å². The van der Waals surface area contributed by atoms with Gasteiger partial charge in [-0.15, -0.1) is 0 Å².